The van der Waals surface area contributed by atoms with E-state index in [1.54, 1.807) is 0 Å². The molecule has 1 saturated heterocycles. The summed E-state index contributed by atoms with van der Waals surface area (Å²) in [6.45, 7) is 5.03. The number of carboxylic acid groups (broad SMARTS) is 2. The number of hydrogen-bond acceptors (Lipinski definition) is 4. The molecule has 1 fully saturated rings. The Morgan fingerprint density at radius 2 is 1.40 bits per heavy atom. The summed E-state index contributed by atoms with van der Waals surface area (Å²) in [6, 6.07) is 21.0. The van der Waals surface area contributed by atoms with Gasteiger partial charge in [-0.3, -0.25) is 9.69 Å². The fourth-order valence-electron chi connectivity index (χ4n) is 3.49. The fraction of sp³-hybridized carbons (Fsp3) is 0.348. The topological polar surface area (TPSA) is 98.2 Å². The van der Waals surface area contributed by atoms with Gasteiger partial charge in [0, 0.05) is 37.8 Å². The summed E-state index contributed by atoms with van der Waals surface area (Å²) in [5.74, 6) is -3.42. The van der Waals surface area contributed by atoms with Gasteiger partial charge >= 0.3 is 11.9 Å². The van der Waals surface area contributed by atoms with E-state index < -0.39 is 11.9 Å². The van der Waals surface area contributed by atoms with E-state index in [4.69, 9.17) is 19.8 Å². The SMILES string of the molecule is CCC(=O)N(c1ccccc1)C1CCN(Cc2ccccc2)CC1.O=C(O)C(=O)O. The molecule has 0 saturated carbocycles. The van der Waals surface area contributed by atoms with E-state index in [0.717, 1.165) is 38.2 Å². The number of carbonyl (C=O) groups excluding carboxylic acids is 1. The molecular formula is C23H28N2O5. The standard InChI is InChI=1S/C21H26N2O.C2H2O4/c1-2-21(24)23(19-11-7-4-8-12-19)20-13-15-22(16-14-20)17-18-9-5-3-6-10-18;3-1(4)2(5)6/h3-12,20H,2,13-17H2,1H3;(H,3,4)(H,5,6). The molecule has 3 rings (SSSR count). The van der Waals surface area contributed by atoms with Crippen molar-refractivity contribution >= 4 is 23.5 Å². The maximum Gasteiger partial charge on any atom is 0.414 e. The Hall–Kier alpha value is -3.19. The lowest BCUT2D eigenvalue weighted by molar-refractivity contribution is -0.159. The Balaban J connectivity index is 0.000000469. The molecule has 1 aliphatic rings. The van der Waals surface area contributed by atoms with Crippen molar-refractivity contribution in [3.05, 3.63) is 66.2 Å². The van der Waals surface area contributed by atoms with Crippen LogP contribution in [0.2, 0.25) is 0 Å². The normalized spacial score (nSPS) is 14.3. The van der Waals surface area contributed by atoms with Crippen molar-refractivity contribution in [2.45, 2.75) is 38.8 Å². The largest absolute Gasteiger partial charge is 0.473 e. The minimum Gasteiger partial charge on any atom is -0.473 e. The first-order chi connectivity index (χ1) is 14.4. The van der Waals surface area contributed by atoms with Gasteiger partial charge < -0.3 is 15.1 Å². The molecule has 0 aliphatic carbocycles. The number of likely N-dealkylation sites (tertiary alicyclic amines) is 1. The monoisotopic (exact) mass is 412 g/mol. The lowest BCUT2D eigenvalue weighted by Gasteiger charge is -2.38. The van der Waals surface area contributed by atoms with Crippen LogP contribution >= 0.6 is 0 Å². The number of aliphatic carboxylic acids is 2. The van der Waals surface area contributed by atoms with Crippen LogP contribution in [0.25, 0.3) is 0 Å². The summed E-state index contributed by atoms with van der Waals surface area (Å²) in [6.07, 6.45) is 2.63. The molecule has 2 aromatic rings. The third-order valence-electron chi connectivity index (χ3n) is 4.96. The first-order valence-electron chi connectivity index (χ1n) is 10.0. The summed E-state index contributed by atoms with van der Waals surface area (Å²) in [5, 5.41) is 14.8. The van der Waals surface area contributed by atoms with E-state index in [9.17, 15) is 4.79 Å². The summed E-state index contributed by atoms with van der Waals surface area (Å²) in [7, 11) is 0. The molecule has 0 spiro atoms. The second-order valence-electron chi connectivity index (χ2n) is 7.06. The van der Waals surface area contributed by atoms with E-state index in [0.29, 0.717) is 12.5 Å². The van der Waals surface area contributed by atoms with Crippen LogP contribution in [0.3, 0.4) is 0 Å². The van der Waals surface area contributed by atoms with E-state index in [-0.39, 0.29) is 5.91 Å². The van der Waals surface area contributed by atoms with Crippen molar-refractivity contribution in [3.8, 4) is 0 Å². The van der Waals surface area contributed by atoms with Crippen LogP contribution in [0.5, 0.6) is 0 Å². The zero-order chi connectivity index (χ0) is 21.9. The number of para-hydroxylation sites is 1. The summed E-state index contributed by atoms with van der Waals surface area (Å²) in [4.78, 5) is 35.2. The molecule has 0 unspecified atom stereocenters. The highest BCUT2D eigenvalue weighted by Crippen LogP contribution is 2.25. The van der Waals surface area contributed by atoms with Gasteiger partial charge in [-0.2, -0.15) is 0 Å². The van der Waals surface area contributed by atoms with Gasteiger partial charge in [0.25, 0.3) is 0 Å². The number of amides is 1. The predicted octanol–water partition coefficient (Wildman–Crippen LogP) is 3.25. The van der Waals surface area contributed by atoms with Crippen LogP contribution in [0.4, 0.5) is 5.69 Å². The van der Waals surface area contributed by atoms with E-state index in [1.165, 1.54) is 5.56 Å². The van der Waals surface area contributed by atoms with Crippen LogP contribution in [0.1, 0.15) is 31.7 Å². The van der Waals surface area contributed by atoms with Gasteiger partial charge in [-0.1, -0.05) is 55.5 Å². The van der Waals surface area contributed by atoms with Gasteiger partial charge in [-0.15, -0.1) is 0 Å². The Labute approximate surface area is 176 Å². The van der Waals surface area contributed by atoms with Crippen molar-refractivity contribution in [1.82, 2.24) is 4.90 Å². The van der Waals surface area contributed by atoms with Crippen LogP contribution < -0.4 is 4.90 Å². The molecule has 0 radical (unpaired) electrons. The number of carboxylic acids is 2. The maximum atomic E-state index is 12.5. The zero-order valence-corrected chi connectivity index (χ0v) is 17.1. The Morgan fingerprint density at radius 1 is 0.900 bits per heavy atom. The molecule has 0 bridgehead atoms. The van der Waals surface area contributed by atoms with Gasteiger partial charge in [-0.25, -0.2) is 9.59 Å². The number of nitrogens with zero attached hydrogens (tertiary/aromatic N) is 2. The Kier molecular flexibility index (Phi) is 9.03. The third kappa shape index (κ3) is 7.00. The van der Waals surface area contributed by atoms with E-state index >= 15 is 0 Å². The minimum absolute atomic E-state index is 0.225. The van der Waals surface area contributed by atoms with Crippen molar-refractivity contribution in [3.63, 3.8) is 0 Å². The third-order valence-corrected chi connectivity index (χ3v) is 4.96. The Morgan fingerprint density at radius 3 is 1.87 bits per heavy atom. The highest BCUT2D eigenvalue weighted by atomic mass is 16.4. The molecule has 1 heterocycles. The quantitative estimate of drug-likeness (QED) is 0.732. The molecule has 160 valence electrons. The van der Waals surface area contributed by atoms with Crippen molar-refractivity contribution < 1.29 is 24.6 Å². The highest BCUT2D eigenvalue weighted by Gasteiger charge is 2.28. The number of anilines is 1. The highest BCUT2D eigenvalue weighted by molar-refractivity contribution is 6.27. The molecule has 0 aromatic heterocycles. The second-order valence-corrected chi connectivity index (χ2v) is 7.06. The van der Waals surface area contributed by atoms with Crippen LogP contribution in [0, 0.1) is 0 Å². The molecule has 30 heavy (non-hydrogen) atoms. The Bertz CT molecular complexity index is 806. The average Bonchev–Trinajstić information content (AvgIpc) is 2.77. The van der Waals surface area contributed by atoms with Crippen molar-refractivity contribution in [2.24, 2.45) is 0 Å². The smallest absolute Gasteiger partial charge is 0.414 e. The lowest BCUT2D eigenvalue weighted by Crippen LogP contribution is -2.47. The predicted molar refractivity (Wildman–Crippen MR) is 114 cm³/mol. The molecule has 2 aromatic carbocycles. The molecule has 0 atom stereocenters. The van der Waals surface area contributed by atoms with Gasteiger partial charge in [0.15, 0.2) is 0 Å². The van der Waals surface area contributed by atoms with Crippen molar-refractivity contribution in [1.29, 1.82) is 0 Å². The molecule has 7 heteroatoms. The van der Waals surface area contributed by atoms with Crippen LogP contribution in [-0.2, 0) is 20.9 Å². The maximum absolute atomic E-state index is 12.5. The summed E-state index contributed by atoms with van der Waals surface area (Å²) < 4.78 is 0. The van der Waals surface area contributed by atoms with E-state index in [1.807, 2.05) is 42.2 Å². The van der Waals surface area contributed by atoms with Crippen LogP contribution in [0.15, 0.2) is 60.7 Å². The number of hydrogen-bond donors (Lipinski definition) is 2. The average molecular weight is 412 g/mol. The lowest BCUT2D eigenvalue weighted by atomic mass is 10.0. The van der Waals surface area contributed by atoms with Gasteiger partial charge in [0.1, 0.15) is 0 Å². The molecule has 1 amide bonds. The van der Waals surface area contributed by atoms with Crippen LogP contribution in [-0.4, -0.2) is 52.1 Å². The number of piperidine rings is 1. The number of benzene rings is 2. The van der Waals surface area contributed by atoms with E-state index in [2.05, 4.69) is 35.2 Å². The minimum atomic E-state index is -1.82. The number of rotatable bonds is 5. The van der Waals surface area contributed by atoms with Gasteiger partial charge in [0.05, 0.1) is 0 Å². The fourth-order valence-corrected chi connectivity index (χ4v) is 3.49. The second kappa shape index (κ2) is 11.7. The number of carbonyl (C=O) groups is 3. The molecule has 7 nitrogen and oxygen atoms in total. The first kappa shape index (κ1) is 23.1. The van der Waals surface area contributed by atoms with Gasteiger partial charge in [-0.05, 0) is 30.5 Å². The zero-order valence-electron chi connectivity index (χ0n) is 17.1. The van der Waals surface area contributed by atoms with Crippen molar-refractivity contribution in [2.75, 3.05) is 18.0 Å². The molecule has 2 N–H and O–H groups in total. The van der Waals surface area contributed by atoms with Gasteiger partial charge in [0.2, 0.25) is 5.91 Å². The molecule has 1 aliphatic heterocycles. The summed E-state index contributed by atoms with van der Waals surface area (Å²) >= 11 is 0. The summed E-state index contributed by atoms with van der Waals surface area (Å²) in [5.41, 5.74) is 2.39. The first-order valence-corrected chi connectivity index (χ1v) is 10.0. The molecular weight excluding hydrogens is 384 g/mol.